The summed E-state index contributed by atoms with van der Waals surface area (Å²) in [5.74, 6) is 0.152. The lowest BCUT2D eigenvalue weighted by molar-refractivity contribution is 0.175. The van der Waals surface area contributed by atoms with Gasteiger partial charge in [0.05, 0.1) is 5.02 Å². The fraction of sp³-hybridized carbons (Fsp3) is 0.538. The molecule has 1 aromatic carbocycles. The number of rotatable bonds is 4. The van der Waals surface area contributed by atoms with Crippen LogP contribution in [0.15, 0.2) is 18.2 Å². The summed E-state index contributed by atoms with van der Waals surface area (Å²) in [5, 5.41) is 13.4. The fourth-order valence-electron chi connectivity index (χ4n) is 2.21. The van der Waals surface area contributed by atoms with Crippen molar-refractivity contribution in [3.63, 3.8) is 0 Å². The summed E-state index contributed by atoms with van der Waals surface area (Å²) < 4.78 is 0. The molecule has 0 spiro atoms. The van der Waals surface area contributed by atoms with E-state index in [9.17, 15) is 5.11 Å². The molecule has 88 valence electrons. The predicted octanol–water partition coefficient (Wildman–Crippen LogP) is 3.47. The summed E-state index contributed by atoms with van der Waals surface area (Å²) in [7, 11) is 0. The summed E-state index contributed by atoms with van der Waals surface area (Å²) in [6.07, 6.45) is 5.06. The summed E-state index contributed by atoms with van der Waals surface area (Å²) in [5.41, 5.74) is 1.48. The van der Waals surface area contributed by atoms with E-state index in [4.69, 9.17) is 11.6 Å². The van der Waals surface area contributed by atoms with E-state index in [-0.39, 0.29) is 5.75 Å². The van der Waals surface area contributed by atoms with E-state index in [1.54, 1.807) is 6.07 Å². The van der Waals surface area contributed by atoms with E-state index >= 15 is 0 Å². The van der Waals surface area contributed by atoms with E-state index in [1.807, 2.05) is 12.1 Å². The van der Waals surface area contributed by atoms with Gasteiger partial charge in [0.25, 0.3) is 0 Å². The zero-order chi connectivity index (χ0) is 11.6. The molecule has 0 saturated heterocycles. The first-order valence-corrected chi connectivity index (χ1v) is 6.25. The Balaban J connectivity index is 1.96. The molecular formula is C13H18ClNO. The number of halogens is 1. The van der Waals surface area contributed by atoms with Crippen molar-refractivity contribution in [3.05, 3.63) is 28.8 Å². The number of hydrogen-bond acceptors (Lipinski definition) is 2. The highest BCUT2D eigenvalue weighted by Gasteiger charge is 2.34. The molecule has 2 N–H and O–H groups in total. The van der Waals surface area contributed by atoms with Crippen LogP contribution in [0.2, 0.25) is 5.02 Å². The molecule has 2 nitrogen and oxygen atoms in total. The van der Waals surface area contributed by atoms with Gasteiger partial charge in [-0.25, -0.2) is 0 Å². The Bertz CT molecular complexity index is 369. The molecule has 0 atom stereocenters. The Hall–Kier alpha value is -0.730. The monoisotopic (exact) mass is 239 g/mol. The summed E-state index contributed by atoms with van der Waals surface area (Å²) >= 11 is 5.87. The molecule has 1 aliphatic rings. The van der Waals surface area contributed by atoms with Crippen LogP contribution in [0.3, 0.4) is 0 Å². The normalized spacial score (nSPS) is 18.1. The standard InChI is InChI=1S/C13H18ClNO/c1-2-13(6-3-7-13)15-9-10-4-5-12(16)11(14)8-10/h4-5,8,15-16H,2-3,6-7,9H2,1H3. The third-order valence-electron chi connectivity index (χ3n) is 3.67. The van der Waals surface area contributed by atoms with Crippen molar-refractivity contribution in [2.45, 2.75) is 44.7 Å². The fourth-order valence-corrected chi connectivity index (χ4v) is 2.41. The number of phenols is 1. The van der Waals surface area contributed by atoms with Crippen LogP contribution in [-0.4, -0.2) is 10.6 Å². The summed E-state index contributed by atoms with van der Waals surface area (Å²) in [6.45, 7) is 3.06. The van der Waals surface area contributed by atoms with Gasteiger partial charge in [0, 0.05) is 12.1 Å². The third kappa shape index (κ3) is 2.33. The van der Waals surface area contributed by atoms with E-state index in [0.717, 1.165) is 12.1 Å². The van der Waals surface area contributed by atoms with Crippen molar-refractivity contribution in [2.75, 3.05) is 0 Å². The highest BCUT2D eigenvalue weighted by atomic mass is 35.5. The summed E-state index contributed by atoms with van der Waals surface area (Å²) in [4.78, 5) is 0. The first kappa shape index (κ1) is 11.7. The van der Waals surface area contributed by atoms with Gasteiger partial charge in [0.1, 0.15) is 5.75 Å². The maximum atomic E-state index is 9.32. The molecule has 1 aliphatic carbocycles. The first-order chi connectivity index (χ1) is 7.65. The number of phenolic OH excluding ortho intramolecular Hbond substituents is 1. The number of hydrogen-bond donors (Lipinski definition) is 2. The highest BCUT2D eigenvalue weighted by molar-refractivity contribution is 6.32. The molecule has 0 unspecified atom stereocenters. The lowest BCUT2D eigenvalue weighted by Gasteiger charge is -2.42. The van der Waals surface area contributed by atoms with Crippen LogP contribution < -0.4 is 5.32 Å². The van der Waals surface area contributed by atoms with Crippen LogP contribution in [0.5, 0.6) is 5.75 Å². The van der Waals surface area contributed by atoms with Crippen molar-refractivity contribution in [2.24, 2.45) is 0 Å². The average Bonchev–Trinajstić information content (AvgIpc) is 2.22. The molecule has 1 fully saturated rings. The maximum absolute atomic E-state index is 9.32. The Morgan fingerprint density at radius 3 is 2.69 bits per heavy atom. The van der Waals surface area contributed by atoms with Gasteiger partial charge < -0.3 is 10.4 Å². The molecular weight excluding hydrogens is 222 g/mol. The Kier molecular flexibility index (Phi) is 3.41. The van der Waals surface area contributed by atoms with Crippen LogP contribution in [0, 0.1) is 0 Å². The highest BCUT2D eigenvalue weighted by Crippen LogP contribution is 2.35. The average molecular weight is 240 g/mol. The maximum Gasteiger partial charge on any atom is 0.134 e. The van der Waals surface area contributed by atoms with Crippen molar-refractivity contribution in [1.29, 1.82) is 0 Å². The second-order valence-corrected chi connectivity index (χ2v) is 5.03. The second-order valence-electron chi connectivity index (χ2n) is 4.63. The molecule has 2 rings (SSSR count). The molecule has 0 heterocycles. The van der Waals surface area contributed by atoms with Crippen molar-refractivity contribution < 1.29 is 5.11 Å². The summed E-state index contributed by atoms with van der Waals surface area (Å²) in [6, 6.07) is 5.39. The zero-order valence-corrected chi connectivity index (χ0v) is 10.3. The van der Waals surface area contributed by atoms with Gasteiger partial charge in [-0.05, 0) is 43.4 Å². The minimum Gasteiger partial charge on any atom is -0.506 e. The van der Waals surface area contributed by atoms with Crippen LogP contribution >= 0.6 is 11.6 Å². The van der Waals surface area contributed by atoms with Gasteiger partial charge in [-0.15, -0.1) is 0 Å². The minimum absolute atomic E-state index is 0.152. The number of nitrogens with one attached hydrogen (secondary N) is 1. The van der Waals surface area contributed by atoms with Gasteiger partial charge >= 0.3 is 0 Å². The van der Waals surface area contributed by atoms with Crippen LogP contribution in [0.4, 0.5) is 0 Å². The lowest BCUT2D eigenvalue weighted by atomic mass is 9.75. The molecule has 0 aliphatic heterocycles. The zero-order valence-electron chi connectivity index (χ0n) is 9.59. The molecule has 3 heteroatoms. The second kappa shape index (κ2) is 4.64. The Labute approximate surface area is 102 Å². The Morgan fingerprint density at radius 1 is 1.44 bits per heavy atom. The van der Waals surface area contributed by atoms with Crippen LogP contribution in [-0.2, 0) is 6.54 Å². The van der Waals surface area contributed by atoms with E-state index in [1.165, 1.54) is 25.7 Å². The largest absolute Gasteiger partial charge is 0.506 e. The van der Waals surface area contributed by atoms with Gasteiger partial charge in [-0.2, -0.15) is 0 Å². The molecule has 1 saturated carbocycles. The van der Waals surface area contributed by atoms with Crippen molar-refractivity contribution in [1.82, 2.24) is 5.32 Å². The van der Waals surface area contributed by atoms with Crippen molar-refractivity contribution in [3.8, 4) is 5.75 Å². The first-order valence-electron chi connectivity index (χ1n) is 5.88. The molecule has 0 bridgehead atoms. The van der Waals surface area contributed by atoms with E-state index in [2.05, 4.69) is 12.2 Å². The van der Waals surface area contributed by atoms with Gasteiger partial charge in [0.2, 0.25) is 0 Å². The molecule has 0 aromatic heterocycles. The molecule has 0 amide bonds. The van der Waals surface area contributed by atoms with Crippen LogP contribution in [0.1, 0.15) is 38.2 Å². The molecule has 0 radical (unpaired) electrons. The smallest absolute Gasteiger partial charge is 0.134 e. The quantitative estimate of drug-likeness (QED) is 0.843. The van der Waals surface area contributed by atoms with Gasteiger partial charge in [-0.1, -0.05) is 24.6 Å². The topological polar surface area (TPSA) is 32.3 Å². The van der Waals surface area contributed by atoms with Gasteiger partial charge in [0.15, 0.2) is 0 Å². The molecule has 16 heavy (non-hydrogen) atoms. The number of aromatic hydroxyl groups is 1. The molecule has 1 aromatic rings. The van der Waals surface area contributed by atoms with Crippen LogP contribution in [0.25, 0.3) is 0 Å². The predicted molar refractivity (Wildman–Crippen MR) is 66.8 cm³/mol. The minimum atomic E-state index is 0.152. The van der Waals surface area contributed by atoms with E-state index < -0.39 is 0 Å². The third-order valence-corrected chi connectivity index (χ3v) is 3.97. The lowest BCUT2D eigenvalue weighted by Crippen LogP contribution is -2.49. The van der Waals surface area contributed by atoms with Gasteiger partial charge in [-0.3, -0.25) is 0 Å². The SMILES string of the molecule is CCC1(NCc2ccc(O)c(Cl)c2)CCC1. The number of benzene rings is 1. The van der Waals surface area contributed by atoms with E-state index in [0.29, 0.717) is 10.6 Å². The Morgan fingerprint density at radius 2 is 2.19 bits per heavy atom. The van der Waals surface area contributed by atoms with Crippen molar-refractivity contribution >= 4 is 11.6 Å².